The molecule has 2 aliphatic heterocycles. The molecule has 0 radical (unpaired) electrons. The Morgan fingerprint density at radius 3 is 2.45 bits per heavy atom. The van der Waals surface area contributed by atoms with Crippen molar-refractivity contribution in [2.75, 3.05) is 4.90 Å². The fourth-order valence-electron chi connectivity index (χ4n) is 6.16. The minimum Gasteiger partial charge on any atom is -0.356 e. The summed E-state index contributed by atoms with van der Waals surface area (Å²) in [7, 11) is 0. The first kappa shape index (κ1) is 26.0. The molecular weight excluding hydrogens is 548 g/mol. The van der Waals surface area contributed by atoms with Gasteiger partial charge in [0.2, 0.25) is 0 Å². The second-order valence-corrected chi connectivity index (χ2v) is 11.2. The molecule has 2 unspecified atom stereocenters. The number of para-hydroxylation sites is 2. The maximum Gasteiger partial charge on any atom is 0.332 e. The van der Waals surface area contributed by atoms with Crippen molar-refractivity contribution < 1.29 is 14.4 Å². The number of fused-ring (bicyclic) bond motifs is 4. The molecule has 4 amide bonds. The third-order valence-electron chi connectivity index (χ3n) is 8.23. The van der Waals surface area contributed by atoms with E-state index in [1.807, 2.05) is 73.7 Å². The smallest absolute Gasteiger partial charge is 0.332 e. The molecule has 0 bridgehead atoms. The van der Waals surface area contributed by atoms with Crippen LogP contribution in [0.2, 0.25) is 5.02 Å². The summed E-state index contributed by atoms with van der Waals surface area (Å²) in [5.74, 6) is -0.748. The summed E-state index contributed by atoms with van der Waals surface area (Å²) in [4.78, 5) is 48.2. The standard InChI is InChI=1S/C34H27ClN4O3/c1-20-14-16-21(17-15-20)31-30-25(23-9-3-6-12-27(23)37-30)18-29-33(41)39(34(42)38(29)31)28-13-7-4-10-24(28)32(40)36-19-22-8-2-5-11-26(22)35/h2-17,29,31,37H,18-19H2,1H3,(H,36,40). The number of benzene rings is 4. The molecule has 2 N–H and O–H groups in total. The number of carbonyl (C=O) groups excluding carboxylic acids is 3. The van der Waals surface area contributed by atoms with Crippen LogP contribution in [0.1, 0.15) is 44.3 Å². The van der Waals surface area contributed by atoms with Gasteiger partial charge in [-0.1, -0.05) is 90.0 Å². The largest absolute Gasteiger partial charge is 0.356 e. The number of aromatic nitrogens is 1. The number of carbonyl (C=O) groups is 3. The average Bonchev–Trinajstić information content (AvgIpc) is 3.50. The zero-order valence-corrected chi connectivity index (χ0v) is 23.6. The first-order chi connectivity index (χ1) is 20.4. The highest BCUT2D eigenvalue weighted by Gasteiger charge is 2.53. The Morgan fingerprint density at radius 1 is 0.929 bits per heavy atom. The molecule has 42 heavy (non-hydrogen) atoms. The molecule has 1 aromatic heterocycles. The Labute approximate surface area is 247 Å². The van der Waals surface area contributed by atoms with E-state index >= 15 is 0 Å². The van der Waals surface area contributed by atoms with Crippen molar-refractivity contribution in [1.29, 1.82) is 0 Å². The van der Waals surface area contributed by atoms with Crippen LogP contribution in [0.25, 0.3) is 10.9 Å². The van der Waals surface area contributed by atoms with Crippen molar-refractivity contribution in [3.63, 3.8) is 0 Å². The molecule has 8 heteroatoms. The quantitative estimate of drug-likeness (QED) is 0.234. The van der Waals surface area contributed by atoms with Gasteiger partial charge in [-0.15, -0.1) is 0 Å². The highest BCUT2D eigenvalue weighted by Crippen LogP contribution is 2.45. The van der Waals surface area contributed by atoms with Gasteiger partial charge in [0.15, 0.2) is 0 Å². The van der Waals surface area contributed by atoms with Crippen molar-refractivity contribution >= 4 is 46.0 Å². The number of hydrogen-bond donors (Lipinski definition) is 2. The number of anilines is 1. The highest BCUT2D eigenvalue weighted by atomic mass is 35.5. The molecule has 208 valence electrons. The number of amides is 4. The van der Waals surface area contributed by atoms with E-state index in [4.69, 9.17) is 11.6 Å². The van der Waals surface area contributed by atoms with E-state index < -0.39 is 24.0 Å². The third-order valence-corrected chi connectivity index (χ3v) is 8.60. The lowest BCUT2D eigenvalue weighted by Crippen LogP contribution is -2.44. The molecule has 3 heterocycles. The maximum absolute atomic E-state index is 14.3. The third kappa shape index (κ3) is 4.16. The van der Waals surface area contributed by atoms with Crippen molar-refractivity contribution in [1.82, 2.24) is 15.2 Å². The molecular formula is C34H27ClN4O3. The molecule has 7 rings (SSSR count). The molecule has 0 aliphatic carbocycles. The second-order valence-electron chi connectivity index (χ2n) is 10.8. The highest BCUT2D eigenvalue weighted by molar-refractivity contribution is 6.31. The number of aryl methyl sites for hydroxylation is 1. The monoisotopic (exact) mass is 574 g/mol. The van der Waals surface area contributed by atoms with Crippen LogP contribution in [0.4, 0.5) is 10.5 Å². The van der Waals surface area contributed by atoms with E-state index in [1.165, 1.54) is 4.90 Å². The molecule has 2 aliphatic rings. The minimum absolute atomic E-state index is 0.209. The summed E-state index contributed by atoms with van der Waals surface area (Å²) >= 11 is 6.28. The van der Waals surface area contributed by atoms with Crippen molar-refractivity contribution in [2.24, 2.45) is 0 Å². The van der Waals surface area contributed by atoms with Gasteiger partial charge in [-0.05, 0) is 47.9 Å². The number of imide groups is 1. The number of urea groups is 1. The number of nitrogens with zero attached hydrogens (tertiary/aromatic N) is 2. The molecule has 5 aromatic rings. The van der Waals surface area contributed by atoms with Gasteiger partial charge in [0, 0.05) is 34.6 Å². The van der Waals surface area contributed by atoms with Crippen LogP contribution in [0.5, 0.6) is 0 Å². The molecule has 4 aromatic carbocycles. The summed E-state index contributed by atoms with van der Waals surface area (Å²) in [6.45, 7) is 2.22. The Balaban J connectivity index is 1.28. The minimum atomic E-state index is -0.713. The first-order valence-corrected chi connectivity index (χ1v) is 14.2. The SMILES string of the molecule is Cc1ccc(C2c3[nH]c4ccccc4c3CC3C(=O)N(c4ccccc4C(=O)NCc4ccccc4Cl)C(=O)N32)cc1. The number of rotatable bonds is 5. The zero-order chi connectivity index (χ0) is 29.0. The Kier molecular flexibility index (Phi) is 6.32. The van der Waals surface area contributed by atoms with Crippen molar-refractivity contribution in [3.05, 3.63) is 136 Å². The fourth-order valence-corrected chi connectivity index (χ4v) is 6.37. The second kappa shape index (κ2) is 10.2. The first-order valence-electron chi connectivity index (χ1n) is 13.9. The van der Waals surface area contributed by atoms with Crippen LogP contribution in [-0.2, 0) is 17.8 Å². The fraction of sp³-hybridized carbons (Fsp3) is 0.147. The lowest BCUT2D eigenvalue weighted by molar-refractivity contribution is -0.120. The van der Waals surface area contributed by atoms with E-state index in [0.717, 1.165) is 38.9 Å². The number of aromatic amines is 1. The van der Waals surface area contributed by atoms with Crippen LogP contribution < -0.4 is 10.2 Å². The lowest BCUT2D eigenvalue weighted by atomic mass is 9.88. The number of nitrogens with one attached hydrogen (secondary N) is 2. The Hall–Kier alpha value is -4.88. The molecule has 7 nitrogen and oxygen atoms in total. The van der Waals surface area contributed by atoms with E-state index in [9.17, 15) is 14.4 Å². The summed E-state index contributed by atoms with van der Waals surface area (Å²) in [6, 6.07) is 28.4. The van der Waals surface area contributed by atoms with E-state index in [0.29, 0.717) is 11.4 Å². The van der Waals surface area contributed by atoms with Gasteiger partial charge in [-0.25, -0.2) is 9.69 Å². The van der Waals surface area contributed by atoms with Crippen LogP contribution in [0, 0.1) is 6.92 Å². The van der Waals surface area contributed by atoms with Crippen LogP contribution >= 0.6 is 11.6 Å². The Morgan fingerprint density at radius 2 is 1.64 bits per heavy atom. The summed E-state index contributed by atoms with van der Waals surface area (Å²) in [5.41, 5.74) is 6.19. The topological polar surface area (TPSA) is 85.5 Å². The molecule has 1 saturated heterocycles. The molecule has 1 fully saturated rings. The average molecular weight is 575 g/mol. The van der Waals surface area contributed by atoms with E-state index in [1.54, 1.807) is 35.2 Å². The molecule has 0 saturated carbocycles. The molecule has 0 spiro atoms. The maximum atomic E-state index is 14.3. The van der Waals surface area contributed by atoms with Gasteiger partial charge < -0.3 is 10.3 Å². The van der Waals surface area contributed by atoms with Crippen LogP contribution in [0.3, 0.4) is 0 Å². The summed E-state index contributed by atoms with van der Waals surface area (Å²) in [6.07, 6.45) is 0.379. The van der Waals surface area contributed by atoms with Gasteiger partial charge in [0.05, 0.1) is 11.3 Å². The van der Waals surface area contributed by atoms with Gasteiger partial charge in [0.1, 0.15) is 12.1 Å². The lowest BCUT2D eigenvalue weighted by Gasteiger charge is -2.36. The van der Waals surface area contributed by atoms with Gasteiger partial charge in [-0.2, -0.15) is 0 Å². The summed E-state index contributed by atoms with van der Waals surface area (Å²) < 4.78 is 0. The normalized spacial score (nSPS) is 17.9. The predicted molar refractivity (Wildman–Crippen MR) is 163 cm³/mol. The number of hydrogen-bond acceptors (Lipinski definition) is 3. The predicted octanol–water partition coefficient (Wildman–Crippen LogP) is 6.54. The zero-order valence-electron chi connectivity index (χ0n) is 22.8. The summed E-state index contributed by atoms with van der Waals surface area (Å²) in [5, 5.41) is 4.48. The van der Waals surface area contributed by atoms with Crippen molar-refractivity contribution in [3.8, 4) is 0 Å². The van der Waals surface area contributed by atoms with Crippen LogP contribution in [-0.4, -0.2) is 33.8 Å². The van der Waals surface area contributed by atoms with Crippen LogP contribution in [0.15, 0.2) is 97.1 Å². The van der Waals surface area contributed by atoms with Gasteiger partial charge in [0.25, 0.3) is 11.8 Å². The van der Waals surface area contributed by atoms with Gasteiger partial charge in [-0.3, -0.25) is 14.5 Å². The Bertz CT molecular complexity index is 1880. The van der Waals surface area contributed by atoms with Gasteiger partial charge >= 0.3 is 6.03 Å². The number of H-pyrrole nitrogens is 1. The molecule has 2 atom stereocenters. The van der Waals surface area contributed by atoms with Crippen molar-refractivity contribution in [2.45, 2.75) is 32.0 Å². The number of halogens is 1. The van der Waals surface area contributed by atoms with E-state index in [2.05, 4.69) is 10.3 Å². The van der Waals surface area contributed by atoms with E-state index in [-0.39, 0.29) is 23.7 Å².